The van der Waals surface area contributed by atoms with Crippen LogP contribution >= 0.6 is 0 Å². The molecule has 2 unspecified atom stereocenters. The summed E-state index contributed by atoms with van der Waals surface area (Å²) in [6.07, 6.45) is -1.84. The smallest absolute Gasteiger partial charge is 0.335 e. The molecule has 1 aliphatic rings. The van der Waals surface area contributed by atoms with E-state index in [0.717, 1.165) is 0 Å². The maximum absolute atomic E-state index is 12.3. The van der Waals surface area contributed by atoms with Gasteiger partial charge < -0.3 is 5.11 Å². The standard InChI is InChI=1S/C11H10F2O2/c12-10(13)9-5-8(9)6-2-1-3-7(4-6)11(14)15/h1-4,8-10H,5H2,(H,14,15). The number of carbonyl (C=O) groups is 1. The predicted octanol–water partition coefficient (Wildman–Crippen LogP) is 2.75. The van der Waals surface area contributed by atoms with Gasteiger partial charge in [-0.25, -0.2) is 13.6 Å². The minimum absolute atomic E-state index is 0.160. The third kappa shape index (κ3) is 1.98. The Morgan fingerprint density at radius 3 is 2.73 bits per heavy atom. The lowest BCUT2D eigenvalue weighted by atomic mass is 10.1. The lowest BCUT2D eigenvalue weighted by Gasteiger charge is -2.01. The van der Waals surface area contributed by atoms with Crippen molar-refractivity contribution in [1.82, 2.24) is 0 Å². The van der Waals surface area contributed by atoms with Gasteiger partial charge in [-0.3, -0.25) is 0 Å². The Labute approximate surface area is 85.5 Å². The summed E-state index contributed by atoms with van der Waals surface area (Å²) in [5.41, 5.74) is 0.868. The molecule has 2 nitrogen and oxygen atoms in total. The Kier molecular flexibility index (Phi) is 2.42. The molecule has 1 aromatic rings. The van der Waals surface area contributed by atoms with E-state index in [-0.39, 0.29) is 11.5 Å². The van der Waals surface area contributed by atoms with E-state index in [4.69, 9.17) is 5.11 Å². The van der Waals surface area contributed by atoms with Gasteiger partial charge in [-0.15, -0.1) is 0 Å². The van der Waals surface area contributed by atoms with Crippen LogP contribution in [0.1, 0.15) is 28.3 Å². The Morgan fingerprint density at radius 2 is 2.20 bits per heavy atom. The van der Waals surface area contributed by atoms with E-state index < -0.39 is 18.3 Å². The van der Waals surface area contributed by atoms with Gasteiger partial charge in [0.25, 0.3) is 0 Å². The van der Waals surface area contributed by atoms with Gasteiger partial charge >= 0.3 is 5.97 Å². The van der Waals surface area contributed by atoms with E-state index in [2.05, 4.69) is 0 Å². The Morgan fingerprint density at radius 1 is 1.47 bits per heavy atom. The monoisotopic (exact) mass is 212 g/mol. The summed E-state index contributed by atoms with van der Waals surface area (Å²) in [7, 11) is 0. The Bertz CT molecular complexity index is 390. The third-order valence-corrected chi connectivity index (χ3v) is 2.73. The zero-order valence-electron chi connectivity index (χ0n) is 7.86. The number of halogens is 2. The highest BCUT2D eigenvalue weighted by Gasteiger charge is 2.44. The van der Waals surface area contributed by atoms with E-state index in [1.54, 1.807) is 12.1 Å². The number of carboxylic acids is 1. The van der Waals surface area contributed by atoms with Crippen LogP contribution < -0.4 is 0 Å². The molecule has 0 aromatic heterocycles. The highest BCUT2D eigenvalue weighted by molar-refractivity contribution is 5.87. The van der Waals surface area contributed by atoms with Crippen LogP contribution in [0.3, 0.4) is 0 Å². The first-order valence-corrected chi connectivity index (χ1v) is 4.71. The van der Waals surface area contributed by atoms with Crippen molar-refractivity contribution in [3.8, 4) is 0 Å². The molecule has 0 spiro atoms. The third-order valence-electron chi connectivity index (χ3n) is 2.73. The largest absolute Gasteiger partial charge is 0.478 e. The maximum atomic E-state index is 12.3. The summed E-state index contributed by atoms with van der Waals surface area (Å²) in [5, 5.41) is 8.74. The zero-order valence-corrected chi connectivity index (χ0v) is 7.86. The maximum Gasteiger partial charge on any atom is 0.335 e. The van der Waals surface area contributed by atoms with E-state index >= 15 is 0 Å². The molecule has 4 heteroatoms. The van der Waals surface area contributed by atoms with Crippen LogP contribution in [-0.4, -0.2) is 17.5 Å². The first-order valence-electron chi connectivity index (χ1n) is 4.71. The Hall–Kier alpha value is -1.45. The minimum Gasteiger partial charge on any atom is -0.478 e. The summed E-state index contributed by atoms with van der Waals surface area (Å²) in [6, 6.07) is 6.25. The van der Waals surface area contributed by atoms with Crippen LogP contribution in [0.4, 0.5) is 8.78 Å². The second-order valence-corrected chi connectivity index (χ2v) is 3.77. The lowest BCUT2D eigenvalue weighted by molar-refractivity contribution is 0.0697. The SMILES string of the molecule is O=C(O)c1cccc(C2CC2C(F)F)c1. The summed E-state index contributed by atoms with van der Waals surface area (Å²) in [6.45, 7) is 0. The van der Waals surface area contributed by atoms with Crippen LogP contribution in [0.15, 0.2) is 24.3 Å². The molecule has 1 saturated carbocycles. The van der Waals surface area contributed by atoms with Crippen molar-refractivity contribution in [2.45, 2.75) is 18.8 Å². The van der Waals surface area contributed by atoms with Crippen LogP contribution in [0.5, 0.6) is 0 Å². The molecule has 80 valence electrons. The van der Waals surface area contributed by atoms with Crippen molar-refractivity contribution in [3.63, 3.8) is 0 Å². The van der Waals surface area contributed by atoms with Crippen LogP contribution in [-0.2, 0) is 0 Å². The van der Waals surface area contributed by atoms with Gasteiger partial charge in [-0.2, -0.15) is 0 Å². The molecule has 15 heavy (non-hydrogen) atoms. The van der Waals surface area contributed by atoms with Gasteiger partial charge in [-0.05, 0) is 30.0 Å². The molecule has 0 saturated heterocycles. The molecule has 2 atom stereocenters. The van der Waals surface area contributed by atoms with Crippen molar-refractivity contribution in [3.05, 3.63) is 35.4 Å². The van der Waals surface area contributed by atoms with Gasteiger partial charge in [0.1, 0.15) is 0 Å². The fourth-order valence-electron chi connectivity index (χ4n) is 1.78. The molecule has 1 aromatic carbocycles. The highest BCUT2D eigenvalue weighted by atomic mass is 19.3. The molecular weight excluding hydrogens is 202 g/mol. The van der Waals surface area contributed by atoms with Crippen molar-refractivity contribution in [1.29, 1.82) is 0 Å². The van der Waals surface area contributed by atoms with Crippen LogP contribution in [0, 0.1) is 5.92 Å². The average molecular weight is 212 g/mol. The zero-order chi connectivity index (χ0) is 11.0. The minimum atomic E-state index is -2.30. The van der Waals surface area contributed by atoms with Gasteiger partial charge in [-0.1, -0.05) is 12.1 Å². The molecule has 0 heterocycles. The van der Waals surface area contributed by atoms with Gasteiger partial charge in [0, 0.05) is 5.92 Å². The first kappa shape index (κ1) is 10.1. The van der Waals surface area contributed by atoms with E-state index in [0.29, 0.717) is 12.0 Å². The van der Waals surface area contributed by atoms with Gasteiger partial charge in [0.15, 0.2) is 0 Å². The second kappa shape index (κ2) is 3.61. The molecule has 0 aliphatic heterocycles. The van der Waals surface area contributed by atoms with E-state index in [9.17, 15) is 13.6 Å². The summed E-state index contributed by atoms with van der Waals surface area (Å²) in [5.74, 6) is -1.77. The summed E-state index contributed by atoms with van der Waals surface area (Å²) in [4.78, 5) is 10.7. The Balaban J connectivity index is 2.17. The van der Waals surface area contributed by atoms with Crippen LogP contribution in [0.25, 0.3) is 0 Å². The quantitative estimate of drug-likeness (QED) is 0.836. The van der Waals surface area contributed by atoms with Gasteiger partial charge in [0.2, 0.25) is 6.43 Å². The number of aromatic carboxylic acids is 1. The number of benzene rings is 1. The molecule has 1 fully saturated rings. The summed E-state index contributed by atoms with van der Waals surface area (Å²) >= 11 is 0. The predicted molar refractivity (Wildman–Crippen MR) is 50.3 cm³/mol. The number of hydrogen-bond acceptors (Lipinski definition) is 1. The highest BCUT2D eigenvalue weighted by Crippen LogP contribution is 2.50. The molecule has 1 aliphatic carbocycles. The fraction of sp³-hybridized carbons (Fsp3) is 0.364. The van der Waals surface area contributed by atoms with Gasteiger partial charge in [0.05, 0.1) is 5.56 Å². The normalized spacial score (nSPS) is 24.2. The molecule has 1 N–H and O–H groups in total. The second-order valence-electron chi connectivity index (χ2n) is 3.77. The topological polar surface area (TPSA) is 37.3 Å². The molecule has 0 radical (unpaired) electrons. The van der Waals surface area contributed by atoms with E-state index in [1.807, 2.05) is 0 Å². The van der Waals surface area contributed by atoms with Crippen molar-refractivity contribution >= 4 is 5.97 Å². The van der Waals surface area contributed by atoms with E-state index in [1.165, 1.54) is 12.1 Å². The fourth-order valence-corrected chi connectivity index (χ4v) is 1.78. The molecular formula is C11H10F2O2. The number of rotatable bonds is 3. The first-order chi connectivity index (χ1) is 7.09. The molecule has 2 rings (SSSR count). The lowest BCUT2D eigenvalue weighted by Crippen LogP contribution is -1.99. The van der Waals surface area contributed by atoms with Crippen LogP contribution in [0.2, 0.25) is 0 Å². The summed E-state index contributed by atoms with van der Waals surface area (Å²) < 4.78 is 24.6. The molecule has 0 amide bonds. The van der Waals surface area contributed by atoms with Crippen molar-refractivity contribution < 1.29 is 18.7 Å². The van der Waals surface area contributed by atoms with Crippen molar-refractivity contribution in [2.75, 3.05) is 0 Å². The molecule has 0 bridgehead atoms. The number of hydrogen-bond donors (Lipinski definition) is 1. The average Bonchev–Trinajstić information content (AvgIpc) is 2.97. The van der Waals surface area contributed by atoms with Crippen molar-refractivity contribution in [2.24, 2.45) is 5.92 Å². The number of alkyl halides is 2. The number of carboxylic acid groups (broad SMARTS) is 1.